The molecule has 1 atom stereocenters. The minimum atomic E-state index is -4.01. The first-order valence-electron chi connectivity index (χ1n) is 6.43. The van der Waals surface area contributed by atoms with Gasteiger partial charge in [-0.25, -0.2) is 22.3 Å². The molecule has 0 saturated carbocycles. The third-order valence-electron chi connectivity index (χ3n) is 2.79. The molecule has 0 fully saturated rings. The Bertz CT molecular complexity index is 610. The minimum absolute atomic E-state index is 0. The molecule has 6 nitrogen and oxygen atoms in total. The normalized spacial score (nSPS) is 12.4. The van der Waals surface area contributed by atoms with Crippen LogP contribution in [0.3, 0.4) is 0 Å². The molecule has 0 aliphatic carbocycles. The van der Waals surface area contributed by atoms with Crippen molar-refractivity contribution in [2.24, 2.45) is 0 Å². The van der Waals surface area contributed by atoms with Crippen molar-refractivity contribution in [3.05, 3.63) is 29.6 Å². The topological polar surface area (TPSA) is 84.5 Å². The van der Waals surface area contributed by atoms with Gasteiger partial charge in [-0.1, -0.05) is 13.0 Å². The van der Waals surface area contributed by atoms with Crippen molar-refractivity contribution in [2.75, 3.05) is 20.2 Å². The van der Waals surface area contributed by atoms with Gasteiger partial charge in [0.05, 0.1) is 12.0 Å². The van der Waals surface area contributed by atoms with Crippen molar-refractivity contribution in [1.82, 2.24) is 10.0 Å². The summed E-state index contributed by atoms with van der Waals surface area (Å²) in [7, 11) is -2.95. The first kappa shape index (κ1) is 20.8. The molecule has 2 N–H and O–H groups in total. The minimum Gasteiger partial charge on any atom is -0.465 e. The lowest BCUT2D eigenvalue weighted by Crippen LogP contribution is -2.39. The van der Waals surface area contributed by atoms with Crippen LogP contribution in [0.1, 0.15) is 24.2 Å². The molecule has 22 heavy (non-hydrogen) atoms. The molecule has 0 heterocycles. The SMILES string of the molecule is CCN[C@H](C)CNS(=O)(=O)c1cccc(F)c1C(=O)OC.Cl. The third-order valence-corrected chi connectivity index (χ3v) is 4.25. The molecule has 0 aliphatic rings. The molecule has 1 aromatic carbocycles. The van der Waals surface area contributed by atoms with Crippen molar-refractivity contribution in [3.8, 4) is 0 Å². The van der Waals surface area contributed by atoms with Crippen LogP contribution in [0.15, 0.2) is 23.1 Å². The molecule has 0 aromatic heterocycles. The van der Waals surface area contributed by atoms with Crippen molar-refractivity contribution in [3.63, 3.8) is 0 Å². The van der Waals surface area contributed by atoms with E-state index in [1.54, 1.807) is 6.92 Å². The van der Waals surface area contributed by atoms with Crippen LogP contribution in [-0.4, -0.2) is 40.6 Å². The third kappa shape index (κ3) is 5.20. The van der Waals surface area contributed by atoms with E-state index in [-0.39, 0.29) is 25.0 Å². The number of likely N-dealkylation sites (N-methyl/N-ethyl adjacent to an activating group) is 1. The van der Waals surface area contributed by atoms with Crippen molar-refractivity contribution in [1.29, 1.82) is 0 Å². The summed E-state index contributed by atoms with van der Waals surface area (Å²) in [6.45, 7) is 4.51. The molecular weight excluding hydrogens is 335 g/mol. The number of nitrogens with one attached hydrogen (secondary N) is 2. The molecule has 0 radical (unpaired) electrons. The van der Waals surface area contributed by atoms with E-state index in [4.69, 9.17) is 0 Å². The lowest BCUT2D eigenvalue weighted by molar-refractivity contribution is 0.0590. The Labute approximate surface area is 135 Å². The summed E-state index contributed by atoms with van der Waals surface area (Å²) in [6.07, 6.45) is 0. The molecule has 0 amide bonds. The van der Waals surface area contributed by atoms with Gasteiger partial charge in [-0.05, 0) is 25.6 Å². The van der Waals surface area contributed by atoms with E-state index in [1.807, 2.05) is 6.92 Å². The summed E-state index contributed by atoms with van der Waals surface area (Å²) in [5.41, 5.74) is -0.594. The molecule has 1 rings (SSSR count). The Kier molecular flexibility index (Phi) is 8.54. The monoisotopic (exact) mass is 354 g/mol. The number of hydrogen-bond acceptors (Lipinski definition) is 5. The average Bonchev–Trinajstić information content (AvgIpc) is 2.44. The molecule has 0 unspecified atom stereocenters. The van der Waals surface area contributed by atoms with Gasteiger partial charge in [-0.15, -0.1) is 12.4 Å². The predicted octanol–water partition coefficient (Wildman–Crippen LogP) is 1.31. The zero-order valence-corrected chi connectivity index (χ0v) is 14.2. The van der Waals surface area contributed by atoms with Crippen LogP contribution in [-0.2, 0) is 14.8 Å². The first-order chi connectivity index (χ1) is 9.83. The molecule has 126 valence electrons. The lowest BCUT2D eigenvalue weighted by atomic mass is 10.2. The molecule has 0 saturated heterocycles. The van der Waals surface area contributed by atoms with Gasteiger partial charge in [0.1, 0.15) is 11.4 Å². The van der Waals surface area contributed by atoms with Gasteiger partial charge in [0.25, 0.3) is 0 Å². The molecule has 0 aliphatic heterocycles. The quantitative estimate of drug-likeness (QED) is 0.721. The fraction of sp³-hybridized carbons (Fsp3) is 0.462. The standard InChI is InChI=1S/C13H19FN2O4S.ClH/c1-4-15-9(2)8-16-21(18,19)11-7-5-6-10(14)12(11)13(17)20-3;/h5-7,9,15-16H,4,8H2,1-3H3;1H/t9-;/m1./s1. The number of sulfonamides is 1. The Morgan fingerprint density at radius 3 is 2.59 bits per heavy atom. The number of hydrogen-bond donors (Lipinski definition) is 2. The number of ether oxygens (including phenoxy) is 1. The van der Waals surface area contributed by atoms with Crippen LogP contribution in [0.25, 0.3) is 0 Å². The average molecular weight is 355 g/mol. The highest BCUT2D eigenvalue weighted by Gasteiger charge is 2.26. The first-order valence-corrected chi connectivity index (χ1v) is 7.91. The van der Waals surface area contributed by atoms with Gasteiger partial charge in [0.2, 0.25) is 10.0 Å². The Morgan fingerprint density at radius 2 is 2.05 bits per heavy atom. The number of halogens is 2. The van der Waals surface area contributed by atoms with E-state index < -0.39 is 32.3 Å². The highest BCUT2D eigenvalue weighted by Crippen LogP contribution is 2.19. The second-order valence-corrected chi connectivity index (χ2v) is 6.15. The number of carbonyl (C=O) groups excluding carboxylic acids is 1. The van der Waals surface area contributed by atoms with Gasteiger partial charge in [-0.3, -0.25) is 0 Å². The predicted molar refractivity (Wildman–Crippen MR) is 83.3 cm³/mol. The number of benzene rings is 1. The Morgan fingerprint density at radius 1 is 1.41 bits per heavy atom. The van der Waals surface area contributed by atoms with E-state index in [2.05, 4.69) is 14.8 Å². The summed E-state index contributed by atoms with van der Waals surface area (Å²) < 4.78 is 44.9. The van der Waals surface area contributed by atoms with Gasteiger partial charge in [-0.2, -0.15) is 0 Å². The van der Waals surface area contributed by atoms with E-state index in [9.17, 15) is 17.6 Å². The maximum Gasteiger partial charge on any atom is 0.342 e. The van der Waals surface area contributed by atoms with E-state index in [0.29, 0.717) is 6.54 Å². The summed E-state index contributed by atoms with van der Waals surface area (Å²) >= 11 is 0. The van der Waals surface area contributed by atoms with Crippen LogP contribution >= 0.6 is 12.4 Å². The van der Waals surface area contributed by atoms with Crippen LogP contribution in [0.2, 0.25) is 0 Å². The largest absolute Gasteiger partial charge is 0.465 e. The number of methoxy groups -OCH3 is 1. The zero-order valence-electron chi connectivity index (χ0n) is 12.6. The highest BCUT2D eigenvalue weighted by molar-refractivity contribution is 7.89. The molecule has 9 heteroatoms. The zero-order chi connectivity index (χ0) is 16.0. The van der Waals surface area contributed by atoms with Crippen LogP contribution in [0, 0.1) is 5.82 Å². The molecule has 1 aromatic rings. The van der Waals surface area contributed by atoms with E-state index in [0.717, 1.165) is 19.2 Å². The second kappa shape index (κ2) is 9.04. The van der Waals surface area contributed by atoms with Crippen molar-refractivity contribution >= 4 is 28.4 Å². The smallest absolute Gasteiger partial charge is 0.342 e. The molecule has 0 bridgehead atoms. The summed E-state index contributed by atoms with van der Waals surface area (Å²) in [4.78, 5) is 11.1. The van der Waals surface area contributed by atoms with Crippen molar-refractivity contribution in [2.45, 2.75) is 24.8 Å². The van der Waals surface area contributed by atoms with Crippen LogP contribution in [0.4, 0.5) is 4.39 Å². The van der Waals surface area contributed by atoms with Gasteiger partial charge in [0, 0.05) is 12.6 Å². The maximum absolute atomic E-state index is 13.7. The second-order valence-electron chi connectivity index (χ2n) is 4.42. The van der Waals surface area contributed by atoms with Crippen LogP contribution in [0.5, 0.6) is 0 Å². The number of esters is 1. The van der Waals surface area contributed by atoms with E-state index >= 15 is 0 Å². The fourth-order valence-electron chi connectivity index (χ4n) is 1.76. The molecule has 0 spiro atoms. The Balaban J connectivity index is 0.00000441. The van der Waals surface area contributed by atoms with Crippen LogP contribution < -0.4 is 10.0 Å². The summed E-state index contributed by atoms with van der Waals surface area (Å²) in [5, 5.41) is 3.04. The Hall–Kier alpha value is -1.22. The number of rotatable bonds is 7. The maximum atomic E-state index is 13.7. The molecular formula is C13H20ClFN2O4S. The fourth-order valence-corrected chi connectivity index (χ4v) is 3.09. The van der Waals surface area contributed by atoms with Gasteiger partial charge >= 0.3 is 5.97 Å². The summed E-state index contributed by atoms with van der Waals surface area (Å²) in [6, 6.07) is 3.30. The number of carbonyl (C=O) groups is 1. The van der Waals surface area contributed by atoms with Gasteiger partial charge < -0.3 is 10.1 Å². The summed E-state index contributed by atoms with van der Waals surface area (Å²) in [5.74, 6) is -1.97. The van der Waals surface area contributed by atoms with Crippen molar-refractivity contribution < 1.29 is 22.3 Å². The van der Waals surface area contributed by atoms with Gasteiger partial charge in [0.15, 0.2) is 0 Å². The highest BCUT2D eigenvalue weighted by atomic mass is 35.5. The van der Waals surface area contributed by atoms with E-state index in [1.165, 1.54) is 6.07 Å². The lowest BCUT2D eigenvalue weighted by Gasteiger charge is -2.15.